The summed E-state index contributed by atoms with van der Waals surface area (Å²) in [6.45, 7) is 3.27. The molecule has 1 unspecified atom stereocenters. The van der Waals surface area contributed by atoms with Gasteiger partial charge < -0.3 is 15.5 Å². The molecule has 2 aromatic rings. The van der Waals surface area contributed by atoms with Crippen LogP contribution in [0.4, 0.5) is 11.4 Å². The highest BCUT2D eigenvalue weighted by Crippen LogP contribution is 2.18. The number of anilines is 2. The van der Waals surface area contributed by atoms with Crippen LogP contribution in [0.3, 0.4) is 0 Å². The Balaban J connectivity index is 1.57. The number of amides is 1. The third-order valence-electron chi connectivity index (χ3n) is 5.65. The first-order valence-corrected chi connectivity index (χ1v) is 10.1. The monoisotopic (exact) mass is 366 g/mol. The van der Waals surface area contributed by atoms with Gasteiger partial charge in [-0.25, -0.2) is 0 Å². The highest BCUT2D eigenvalue weighted by atomic mass is 16.1. The number of carbonyl (C=O) groups is 1. The van der Waals surface area contributed by atoms with Gasteiger partial charge in [-0.05, 0) is 50.3 Å². The lowest BCUT2D eigenvalue weighted by Gasteiger charge is -2.28. The number of quaternary nitrogens is 1. The molecule has 1 aliphatic rings. The highest BCUT2D eigenvalue weighted by Gasteiger charge is 2.22. The van der Waals surface area contributed by atoms with Crippen molar-refractivity contribution in [2.24, 2.45) is 0 Å². The van der Waals surface area contributed by atoms with Gasteiger partial charge in [0.25, 0.3) is 0 Å². The van der Waals surface area contributed by atoms with E-state index in [1.54, 1.807) is 4.90 Å². The molecule has 0 aliphatic heterocycles. The average molecular weight is 367 g/mol. The van der Waals surface area contributed by atoms with Gasteiger partial charge in [-0.1, -0.05) is 42.8 Å². The normalized spacial score (nSPS) is 15.9. The zero-order valence-electron chi connectivity index (χ0n) is 16.6. The first-order chi connectivity index (χ1) is 13.1. The van der Waals surface area contributed by atoms with E-state index in [-0.39, 0.29) is 12.5 Å². The lowest BCUT2D eigenvalue weighted by molar-refractivity contribution is -0.921. The fourth-order valence-corrected chi connectivity index (χ4v) is 3.97. The molecular formula is C23H32N3O+. The number of nitrogens with one attached hydrogen (secondary N) is 3. The number of carbonyl (C=O) groups excluding carboxylic acids is 1. The van der Waals surface area contributed by atoms with E-state index in [4.69, 9.17) is 0 Å². The molecule has 4 heteroatoms. The molecule has 2 aromatic carbocycles. The summed E-state index contributed by atoms with van der Waals surface area (Å²) >= 11 is 0. The predicted octanol–water partition coefficient (Wildman–Crippen LogP) is 3.39. The van der Waals surface area contributed by atoms with Crippen molar-refractivity contribution in [3.63, 3.8) is 0 Å². The number of hydrogen-bond acceptors (Lipinski definition) is 2. The maximum atomic E-state index is 12.3. The summed E-state index contributed by atoms with van der Waals surface area (Å²) in [5.41, 5.74) is 4.29. The maximum absolute atomic E-state index is 12.3. The summed E-state index contributed by atoms with van der Waals surface area (Å²) in [7, 11) is 2.30. The Kier molecular flexibility index (Phi) is 6.88. The summed E-state index contributed by atoms with van der Waals surface area (Å²) in [4.78, 5) is 13.9. The fraction of sp³-hybridized carbons (Fsp3) is 0.435. The number of hydrogen-bond donors (Lipinski definition) is 3. The van der Waals surface area contributed by atoms with Crippen LogP contribution in [-0.2, 0) is 11.3 Å². The molecule has 3 N–H and O–H groups in total. The van der Waals surface area contributed by atoms with Crippen LogP contribution in [0.15, 0.2) is 48.5 Å². The quantitative estimate of drug-likeness (QED) is 0.703. The third kappa shape index (κ3) is 5.57. The van der Waals surface area contributed by atoms with Crippen LogP contribution in [0.1, 0.15) is 43.2 Å². The molecule has 1 atom stereocenters. The summed E-state index contributed by atoms with van der Waals surface area (Å²) in [6, 6.07) is 17.0. The second-order valence-corrected chi connectivity index (χ2v) is 7.73. The minimum atomic E-state index is -0.0212. The summed E-state index contributed by atoms with van der Waals surface area (Å²) in [5, 5.41) is 6.32. The van der Waals surface area contributed by atoms with Crippen molar-refractivity contribution in [1.29, 1.82) is 0 Å². The SMILES string of the molecule is Cc1ccccc1NC(=O)CNc1ccccc1C[NH+](C)C1CCCCC1. The topological polar surface area (TPSA) is 45.6 Å². The molecule has 0 aromatic heterocycles. The van der Waals surface area contributed by atoms with Gasteiger partial charge in [0.2, 0.25) is 5.91 Å². The standard InChI is InChI=1S/C23H31N3O/c1-18-10-6-8-14-21(18)25-23(27)16-24-22-15-9-7-11-19(22)17-26(2)20-12-4-3-5-13-20/h6-11,14-15,20,24H,3-5,12-13,16-17H2,1-2H3,(H,25,27)/p+1. The van der Waals surface area contributed by atoms with Crippen LogP contribution in [0.5, 0.6) is 0 Å². The Labute approximate surface area is 163 Å². The molecule has 1 aliphatic carbocycles. The van der Waals surface area contributed by atoms with E-state index in [0.29, 0.717) is 0 Å². The largest absolute Gasteiger partial charge is 0.376 e. The van der Waals surface area contributed by atoms with Crippen molar-refractivity contribution in [2.75, 3.05) is 24.2 Å². The molecule has 3 rings (SSSR count). The van der Waals surface area contributed by atoms with Crippen molar-refractivity contribution in [1.82, 2.24) is 0 Å². The van der Waals surface area contributed by atoms with Gasteiger partial charge in [-0.3, -0.25) is 4.79 Å². The average Bonchev–Trinajstić information content (AvgIpc) is 2.70. The first kappa shape index (κ1) is 19.4. The Hall–Kier alpha value is -2.33. The molecule has 0 bridgehead atoms. The van der Waals surface area contributed by atoms with Gasteiger partial charge in [0.15, 0.2) is 0 Å². The Bertz CT molecular complexity index is 753. The smallest absolute Gasteiger partial charge is 0.243 e. The Morgan fingerprint density at radius 3 is 2.41 bits per heavy atom. The van der Waals surface area contributed by atoms with E-state index in [2.05, 4.69) is 35.9 Å². The molecule has 4 nitrogen and oxygen atoms in total. The highest BCUT2D eigenvalue weighted by molar-refractivity contribution is 5.94. The molecular weight excluding hydrogens is 334 g/mol. The second-order valence-electron chi connectivity index (χ2n) is 7.73. The molecule has 1 amide bonds. The van der Waals surface area contributed by atoms with Crippen LogP contribution in [-0.4, -0.2) is 25.5 Å². The maximum Gasteiger partial charge on any atom is 0.243 e. The molecule has 1 saturated carbocycles. The number of rotatable bonds is 7. The Morgan fingerprint density at radius 2 is 1.67 bits per heavy atom. The van der Waals surface area contributed by atoms with E-state index in [1.807, 2.05) is 37.3 Å². The summed E-state index contributed by atoms with van der Waals surface area (Å²) in [5.74, 6) is -0.0212. The van der Waals surface area contributed by atoms with Crippen LogP contribution < -0.4 is 15.5 Å². The molecule has 27 heavy (non-hydrogen) atoms. The summed E-state index contributed by atoms with van der Waals surface area (Å²) in [6.07, 6.45) is 6.78. The van der Waals surface area contributed by atoms with E-state index in [1.165, 1.54) is 37.7 Å². The van der Waals surface area contributed by atoms with E-state index in [9.17, 15) is 4.79 Å². The van der Waals surface area contributed by atoms with Crippen LogP contribution >= 0.6 is 0 Å². The van der Waals surface area contributed by atoms with E-state index < -0.39 is 0 Å². The van der Waals surface area contributed by atoms with Gasteiger partial charge in [0, 0.05) is 16.9 Å². The molecule has 0 saturated heterocycles. The predicted molar refractivity (Wildman–Crippen MR) is 112 cm³/mol. The Morgan fingerprint density at radius 1 is 1.00 bits per heavy atom. The van der Waals surface area contributed by atoms with Gasteiger partial charge in [0.1, 0.15) is 6.54 Å². The first-order valence-electron chi connectivity index (χ1n) is 10.1. The zero-order chi connectivity index (χ0) is 19.1. The second kappa shape index (κ2) is 9.56. The molecule has 144 valence electrons. The number of benzene rings is 2. The summed E-state index contributed by atoms with van der Waals surface area (Å²) < 4.78 is 0. The molecule has 0 heterocycles. The molecule has 0 radical (unpaired) electrons. The number of para-hydroxylation sites is 2. The fourth-order valence-electron chi connectivity index (χ4n) is 3.97. The minimum Gasteiger partial charge on any atom is -0.376 e. The van der Waals surface area contributed by atoms with Gasteiger partial charge in [-0.15, -0.1) is 0 Å². The third-order valence-corrected chi connectivity index (χ3v) is 5.65. The van der Waals surface area contributed by atoms with Crippen molar-refractivity contribution in [3.8, 4) is 0 Å². The van der Waals surface area contributed by atoms with E-state index >= 15 is 0 Å². The molecule has 1 fully saturated rings. The lowest BCUT2D eigenvalue weighted by Crippen LogP contribution is -3.11. The van der Waals surface area contributed by atoms with Gasteiger partial charge in [0.05, 0.1) is 19.6 Å². The van der Waals surface area contributed by atoms with Crippen LogP contribution in [0.2, 0.25) is 0 Å². The van der Waals surface area contributed by atoms with Crippen molar-refractivity contribution in [3.05, 3.63) is 59.7 Å². The van der Waals surface area contributed by atoms with E-state index in [0.717, 1.165) is 29.5 Å². The minimum absolute atomic E-state index is 0.0212. The van der Waals surface area contributed by atoms with Gasteiger partial charge >= 0.3 is 0 Å². The van der Waals surface area contributed by atoms with Gasteiger partial charge in [-0.2, -0.15) is 0 Å². The lowest BCUT2D eigenvalue weighted by atomic mass is 9.94. The van der Waals surface area contributed by atoms with Crippen molar-refractivity contribution < 1.29 is 9.69 Å². The number of aryl methyl sites for hydroxylation is 1. The molecule has 0 spiro atoms. The van der Waals surface area contributed by atoms with Crippen molar-refractivity contribution >= 4 is 17.3 Å². The zero-order valence-corrected chi connectivity index (χ0v) is 16.6. The van der Waals surface area contributed by atoms with Crippen LogP contribution in [0, 0.1) is 6.92 Å². The van der Waals surface area contributed by atoms with Crippen LogP contribution in [0.25, 0.3) is 0 Å². The van der Waals surface area contributed by atoms with Crippen molar-refractivity contribution in [2.45, 2.75) is 51.6 Å².